The van der Waals surface area contributed by atoms with Crippen LogP contribution in [0.25, 0.3) is 21.6 Å². The highest BCUT2D eigenvalue weighted by Crippen LogP contribution is 2.36. The van der Waals surface area contributed by atoms with Crippen molar-refractivity contribution in [2.24, 2.45) is 5.92 Å². The van der Waals surface area contributed by atoms with Crippen LogP contribution in [-0.4, -0.2) is 20.6 Å². The monoisotopic (exact) mass is 382 g/mol. The maximum absolute atomic E-state index is 13.4. The van der Waals surface area contributed by atoms with Gasteiger partial charge in [0.15, 0.2) is 0 Å². The van der Waals surface area contributed by atoms with E-state index in [-0.39, 0.29) is 18.5 Å². The number of rotatable bonds is 4. The van der Waals surface area contributed by atoms with Crippen LogP contribution >= 0.6 is 11.3 Å². The minimum Gasteiger partial charge on any atom is -0.481 e. The Kier molecular flexibility index (Phi) is 4.60. The molecule has 0 aliphatic heterocycles. The third-order valence-electron chi connectivity index (χ3n) is 5.35. The van der Waals surface area contributed by atoms with E-state index in [1.807, 2.05) is 31.2 Å². The van der Waals surface area contributed by atoms with Gasteiger partial charge in [0.25, 0.3) is 5.56 Å². The highest BCUT2D eigenvalue weighted by Gasteiger charge is 2.25. The second-order valence-electron chi connectivity index (χ2n) is 7.38. The number of carboxylic acids is 1. The molecule has 5 nitrogen and oxygen atoms in total. The predicted octanol–water partition coefficient (Wildman–Crippen LogP) is 4.03. The Labute approximate surface area is 161 Å². The quantitative estimate of drug-likeness (QED) is 0.739. The molecule has 1 aliphatic rings. The van der Waals surface area contributed by atoms with Crippen molar-refractivity contribution in [3.63, 3.8) is 0 Å². The number of aliphatic carboxylic acids is 1. The van der Waals surface area contributed by atoms with Gasteiger partial charge in [0.05, 0.1) is 11.8 Å². The summed E-state index contributed by atoms with van der Waals surface area (Å²) in [5.74, 6) is 0.271. The van der Waals surface area contributed by atoms with Crippen molar-refractivity contribution in [2.75, 3.05) is 0 Å². The fraction of sp³-hybridized carbons (Fsp3) is 0.381. The first kappa shape index (κ1) is 17.9. The lowest BCUT2D eigenvalue weighted by Crippen LogP contribution is -2.25. The second-order valence-corrected chi connectivity index (χ2v) is 8.47. The molecule has 0 fully saturated rings. The van der Waals surface area contributed by atoms with E-state index in [2.05, 4.69) is 6.92 Å². The van der Waals surface area contributed by atoms with Gasteiger partial charge in [-0.15, -0.1) is 11.3 Å². The van der Waals surface area contributed by atoms with Crippen LogP contribution in [0.2, 0.25) is 0 Å². The Morgan fingerprint density at radius 1 is 1.37 bits per heavy atom. The van der Waals surface area contributed by atoms with Gasteiger partial charge in [0.1, 0.15) is 10.7 Å². The van der Waals surface area contributed by atoms with Crippen LogP contribution in [-0.2, 0) is 24.2 Å². The first-order valence-electron chi connectivity index (χ1n) is 9.28. The van der Waals surface area contributed by atoms with Gasteiger partial charge in [-0.05, 0) is 43.2 Å². The zero-order valence-electron chi connectivity index (χ0n) is 15.5. The van der Waals surface area contributed by atoms with E-state index < -0.39 is 5.97 Å². The molecule has 0 bridgehead atoms. The first-order chi connectivity index (χ1) is 13.0. The summed E-state index contributed by atoms with van der Waals surface area (Å²) in [5.41, 5.74) is 2.92. The molecule has 0 spiro atoms. The average molecular weight is 382 g/mol. The fourth-order valence-corrected chi connectivity index (χ4v) is 5.24. The van der Waals surface area contributed by atoms with Crippen molar-refractivity contribution in [1.29, 1.82) is 0 Å². The van der Waals surface area contributed by atoms with Gasteiger partial charge in [-0.3, -0.25) is 14.2 Å². The topological polar surface area (TPSA) is 72.2 Å². The lowest BCUT2D eigenvalue weighted by atomic mass is 9.89. The normalized spacial score (nSPS) is 16.4. The summed E-state index contributed by atoms with van der Waals surface area (Å²) >= 11 is 1.62. The number of nitrogens with zero attached hydrogens (tertiary/aromatic N) is 2. The van der Waals surface area contributed by atoms with E-state index in [9.17, 15) is 9.59 Å². The molecule has 0 radical (unpaired) electrons. The molecule has 2 aromatic heterocycles. The third-order valence-corrected chi connectivity index (χ3v) is 6.50. The number of aromatic nitrogens is 2. The molecule has 0 saturated carbocycles. The molecule has 1 atom stereocenters. The summed E-state index contributed by atoms with van der Waals surface area (Å²) in [6.07, 6.45) is 2.86. The number of aryl methyl sites for hydroxylation is 2. The summed E-state index contributed by atoms with van der Waals surface area (Å²) in [6, 6.07) is 7.79. The Morgan fingerprint density at radius 3 is 2.89 bits per heavy atom. The Balaban J connectivity index is 1.98. The standard InChI is InChI=1S/C21H22N2O3S/c1-12-7-8-15-16(11-12)27-20-18(15)21(26)23(10-9-17(24)25)19(22-20)14-6-4-3-5-13(14)2/h3-6,12H,7-11H2,1-2H3,(H,24,25). The largest absolute Gasteiger partial charge is 0.481 e. The smallest absolute Gasteiger partial charge is 0.305 e. The van der Waals surface area contributed by atoms with Gasteiger partial charge in [-0.25, -0.2) is 4.98 Å². The minimum absolute atomic E-state index is 0.102. The molecule has 4 rings (SSSR count). The van der Waals surface area contributed by atoms with Crippen molar-refractivity contribution < 1.29 is 9.90 Å². The summed E-state index contributed by atoms with van der Waals surface area (Å²) in [6.45, 7) is 4.35. The summed E-state index contributed by atoms with van der Waals surface area (Å²) < 4.78 is 1.56. The molecule has 0 amide bonds. The van der Waals surface area contributed by atoms with E-state index in [4.69, 9.17) is 10.1 Å². The number of thiophene rings is 1. The maximum Gasteiger partial charge on any atom is 0.305 e. The summed E-state index contributed by atoms with van der Waals surface area (Å²) in [7, 11) is 0. The summed E-state index contributed by atoms with van der Waals surface area (Å²) in [5, 5.41) is 9.84. The van der Waals surface area contributed by atoms with Crippen molar-refractivity contribution in [2.45, 2.75) is 46.1 Å². The Morgan fingerprint density at radius 2 is 2.15 bits per heavy atom. The molecule has 140 valence electrons. The molecule has 2 heterocycles. The molecule has 27 heavy (non-hydrogen) atoms. The van der Waals surface area contributed by atoms with Gasteiger partial charge in [0.2, 0.25) is 0 Å². The summed E-state index contributed by atoms with van der Waals surface area (Å²) in [4.78, 5) is 31.5. The van der Waals surface area contributed by atoms with Crippen LogP contribution in [0.5, 0.6) is 0 Å². The molecular weight excluding hydrogens is 360 g/mol. The van der Waals surface area contributed by atoms with Gasteiger partial charge in [-0.2, -0.15) is 0 Å². The van der Waals surface area contributed by atoms with Crippen LogP contribution in [0.1, 0.15) is 35.8 Å². The lowest BCUT2D eigenvalue weighted by molar-refractivity contribution is -0.137. The van der Waals surface area contributed by atoms with E-state index >= 15 is 0 Å². The molecule has 0 saturated heterocycles. The zero-order chi connectivity index (χ0) is 19.1. The molecule has 3 aromatic rings. The highest BCUT2D eigenvalue weighted by molar-refractivity contribution is 7.18. The van der Waals surface area contributed by atoms with Gasteiger partial charge >= 0.3 is 5.97 Å². The zero-order valence-corrected chi connectivity index (χ0v) is 16.3. The number of fused-ring (bicyclic) bond motifs is 3. The molecule has 1 unspecified atom stereocenters. The average Bonchev–Trinajstić information content (AvgIpc) is 2.98. The predicted molar refractivity (Wildman–Crippen MR) is 107 cm³/mol. The minimum atomic E-state index is -0.918. The van der Waals surface area contributed by atoms with Crippen LogP contribution in [0.3, 0.4) is 0 Å². The van der Waals surface area contributed by atoms with Crippen LogP contribution in [0.15, 0.2) is 29.1 Å². The second kappa shape index (κ2) is 6.93. The number of carbonyl (C=O) groups is 1. The van der Waals surface area contributed by atoms with Crippen molar-refractivity contribution >= 4 is 27.5 Å². The van der Waals surface area contributed by atoms with E-state index in [1.54, 1.807) is 15.9 Å². The molecule has 6 heteroatoms. The molecule has 1 aliphatic carbocycles. The van der Waals surface area contributed by atoms with Gasteiger partial charge in [-0.1, -0.05) is 31.2 Å². The van der Waals surface area contributed by atoms with E-state index in [1.165, 1.54) is 4.88 Å². The molecule has 1 N–H and O–H groups in total. The molecule has 1 aromatic carbocycles. The van der Waals surface area contributed by atoms with Crippen molar-refractivity contribution in [3.05, 3.63) is 50.6 Å². The Hall–Kier alpha value is -2.47. The number of carboxylic acid groups (broad SMARTS) is 1. The van der Waals surface area contributed by atoms with Gasteiger partial charge < -0.3 is 5.11 Å². The van der Waals surface area contributed by atoms with Gasteiger partial charge in [0, 0.05) is 17.0 Å². The van der Waals surface area contributed by atoms with E-state index in [0.717, 1.165) is 40.8 Å². The number of benzene rings is 1. The fourth-order valence-electron chi connectivity index (χ4n) is 3.87. The number of hydrogen-bond acceptors (Lipinski definition) is 4. The van der Waals surface area contributed by atoms with Crippen LogP contribution < -0.4 is 5.56 Å². The first-order valence-corrected chi connectivity index (χ1v) is 10.1. The third kappa shape index (κ3) is 3.18. The van der Waals surface area contributed by atoms with Crippen LogP contribution in [0.4, 0.5) is 0 Å². The van der Waals surface area contributed by atoms with Crippen molar-refractivity contribution in [3.8, 4) is 11.4 Å². The Bertz CT molecular complexity index is 1100. The molecular formula is C21H22N2O3S. The lowest BCUT2D eigenvalue weighted by Gasteiger charge is -2.18. The maximum atomic E-state index is 13.4. The SMILES string of the molecule is Cc1ccccc1-c1nc2sc3c(c2c(=O)n1CCC(=O)O)CCC(C)C3. The number of hydrogen-bond donors (Lipinski definition) is 1. The van der Waals surface area contributed by atoms with Crippen LogP contribution in [0, 0.1) is 12.8 Å². The highest BCUT2D eigenvalue weighted by atomic mass is 32.1. The van der Waals surface area contributed by atoms with E-state index in [0.29, 0.717) is 17.1 Å². The van der Waals surface area contributed by atoms with Crippen molar-refractivity contribution in [1.82, 2.24) is 9.55 Å².